The number of nitrogens with zero attached hydrogens (tertiary/aromatic N) is 1. The third kappa shape index (κ3) is 3.96. The molecule has 2 aromatic carbocycles. The van der Waals surface area contributed by atoms with Gasteiger partial charge in [-0.05, 0) is 42.9 Å². The van der Waals surface area contributed by atoms with E-state index in [1.165, 1.54) is 0 Å². The topological polar surface area (TPSA) is 49.8 Å². The van der Waals surface area contributed by atoms with Crippen LogP contribution in [0.3, 0.4) is 0 Å². The summed E-state index contributed by atoms with van der Waals surface area (Å²) in [6, 6.07) is 10.9. The minimum absolute atomic E-state index is 0.0640. The van der Waals surface area contributed by atoms with Crippen LogP contribution in [-0.4, -0.2) is 33.8 Å². The zero-order chi connectivity index (χ0) is 20.6. The molecule has 2 fully saturated rings. The number of benzene rings is 2. The molecular weight excluding hydrogens is 383 g/mol. The zero-order valence-electron chi connectivity index (χ0n) is 15.8. The second-order valence-electron chi connectivity index (χ2n) is 7.98. The van der Waals surface area contributed by atoms with Gasteiger partial charge in [-0.2, -0.15) is 0 Å². The Morgan fingerprint density at radius 1 is 1.03 bits per heavy atom. The number of carbonyl (C=O) groups is 1. The molecule has 2 bridgehead atoms. The highest BCUT2D eigenvalue weighted by molar-refractivity contribution is 5.69. The number of rotatable bonds is 4. The normalized spacial score (nSPS) is 25.9. The fraction of sp³-hybridized carbons (Fsp3) is 0.409. The van der Waals surface area contributed by atoms with Crippen molar-refractivity contribution in [2.24, 2.45) is 0 Å². The summed E-state index contributed by atoms with van der Waals surface area (Å²) in [5.74, 6) is -4.05. The van der Waals surface area contributed by atoms with E-state index in [-0.39, 0.29) is 43.5 Å². The van der Waals surface area contributed by atoms with E-state index in [0.717, 1.165) is 17.7 Å². The molecule has 2 heterocycles. The first kappa shape index (κ1) is 19.8. The van der Waals surface area contributed by atoms with Crippen molar-refractivity contribution < 1.29 is 27.8 Å². The summed E-state index contributed by atoms with van der Waals surface area (Å²) in [7, 11) is 0. The molecule has 2 atom stereocenters. The number of piperidine rings is 1. The van der Waals surface area contributed by atoms with E-state index in [1.54, 1.807) is 4.90 Å². The largest absolute Gasteiger partial charge is 0.445 e. The lowest BCUT2D eigenvalue weighted by atomic mass is 9.81. The van der Waals surface area contributed by atoms with Crippen LogP contribution in [0, 0.1) is 17.5 Å². The first-order valence-corrected chi connectivity index (χ1v) is 9.70. The highest BCUT2D eigenvalue weighted by atomic mass is 19.2. The van der Waals surface area contributed by atoms with Crippen LogP contribution in [0.25, 0.3) is 0 Å². The SMILES string of the molecule is O=C(OCc1ccccc1)N1C2CCC1CC(O)(Cc1ccc(F)c(F)c1F)C2. The molecule has 2 unspecified atom stereocenters. The van der Waals surface area contributed by atoms with E-state index in [4.69, 9.17) is 4.74 Å². The maximum absolute atomic E-state index is 14.1. The maximum atomic E-state index is 14.1. The Labute approximate surface area is 166 Å². The van der Waals surface area contributed by atoms with Gasteiger partial charge in [0.1, 0.15) is 6.61 Å². The van der Waals surface area contributed by atoms with Gasteiger partial charge in [-0.3, -0.25) is 0 Å². The van der Waals surface area contributed by atoms with E-state index in [9.17, 15) is 23.1 Å². The highest BCUT2D eigenvalue weighted by Crippen LogP contribution is 2.43. The predicted molar refractivity (Wildman–Crippen MR) is 99.5 cm³/mol. The first-order valence-electron chi connectivity index (χ1n) is 9.70. The molecule has 2 aliphatic rings. The van der Waals surface area contributed by atoms with Gasteiger partial charge in [0.25, 0.3) is 0 Å². The number of amides is 1. The molecule has 1 N–H and O–H groups in total. The van der Waals surface area contributed by atoms with Gasteiger partial charge in [-0.1, -0.05) is 36.4 Å². The van der Waals surface area contributed by atoms with Gasteiger partial charge >= 0.3 is 6.09 Å². The molecule has 0 aliphatic carbocycles. The van der Waals surface area contributed by atoms with Gasteiger partial charge in [0.2, 0.25) is 0 Å². The van der Waals surface area contributed by atoms with Gasteiger partial charge in [-0.25, -0.2) is 18.0 Å². The van der Waals surface area contributed by atoms with E-state index >= 15 is 0 Å². The molecule has 4 rings (SSSR count). The maximum Gasteiger partial charge on any atom is 0.410 e. The summed E-state index contributed by atoms with van der Waals surface area (Å²) in [6.07, 6.45) is 1.35. The van der Waals surface area contributed by atoms with Crippen molar-refractivity contribution in [2.45, 2.75) is 56.4 Å². The second kappa shape index (κ2) is 7.71. The molecule has 0 radical (unpaired) electrons. The van der Waals surface area contributed by atoms with Crippen molar-refractivity contribution in [3.05, 3.63) is 71.0 Å². The summed E-state index contributed by atoms with van der Waals surface area (Å²) in [5.41, 5.74) is -0.464. The summed E-state index contributed by atoms with van der Waals surface area (Å²) in [6.45, 7) is 0.167. The van der Waals surface area contributed by atoms with Crippen LogP contribution in [0.1, 0.15) is 36.8 Å². The van der Waals surface area contributed by atoms with Crippen molar-refractivity contribution in [3.63, 3.8) is 0 Å². The van der Waals surface area contributed by atoms with Crippen LogP contribution in [0.5, 0.6) is 0 Å². The van der Waals surface area contributed by atoms with Gasteiger partial charge in [0.15, 0.2) is 17.5 Å². The molecule has 0 aromatic heterocycles. The lowest BCUT2D eigenvalue weighted by molar-refractivity contribution is -0.0490. The van der Waals surface area contributed by atoms with Crippen LogP contribution in [0.2, 0.25) is 0 Å². The summed E-state index contributed by atoms with van der Waals surface area (Å²) < 4.78 is 46.2. The van der Waals surface area contributed by atoms with Crippen molar-refractivity contribution in [1.82, 2.24) is 4.90 Å². The number of hydrogen-bond acceptors (Lipinski definition) is 3. The molecule has 0 spiro atoms. The Hall–Kier alpha value is -2.54. The summed E-state index contributed by atoms with van der Waals surface area (Å²) in [4.78, 5) is 14.3. The molecule has 154 valence electrons. The number of carbonyl (C=O) groups excluding carboxylic acids is 1. The zero-order valence-corrected chi connectivity index (χ0v) is 15.8. The second-order valence-corrected chi connectivity index (χ2v) is 7.98. The van der Waals surface area contributed by atoms with Gasteiger partial charge < -0.3 is 14.7 Å². The average Bonchev–Trinajstić information content (AvgIpc) is 3.00. The smallest absolute Gasteiger partial charge is 0.410 e. The van der Waals surface area contributed by atoms with E-state index in [0.29, 0.717) is 12.8 Å². The third-order valence-corrected chi connectivity index (χ3v) is 5.90. The molecule has 0 saturated carbocycles. The fourth-order valence-corrected chi connectivity index (χ4v) is 4.62. The highest BCUT2D eigenvalue weighted by Gasteiger charge is 2.50. The van der Waals surface area contributed by atoms with Crippen molar-refractivity contribution in [2.75, 3.05) is 0 Å². The van der Waals surface area contributed by atoms with Crippen LogP contribution < -0.4 is 0 Å². The molecule has 1 amide bonds. The Balaban J connectivity index is 1.43. The molecule has 7 heteroatoms. The lowest BCUT2D eigenvalue weighted by Gasteiger charge is -2.43. The van der Waals surface area contributed by atoms with Crippen molar-refractivity contribution in [3.8, 4) is 0 Å². The molecule has 2 aliphatic heterocycles. The molecule has 29 heavy (non-hydrogen) atoms. The number of fused-ring (bicyclic) bond motifs is 2. The molecule has 4 nitrogen and oxygen atoms in total. The standard InChI is InChI=1S/C22H22F3NO3/c23-18-9-6-15(19(24)20(18)25)10-22(28)11-16-7-8-17(12-22)26(16)21(27)29-13-14-4-2-1-3-5-14/h1-6,9,16-17,28H,7-8,10-13H2. The van der Waals surface area contributed by atoms with Gasteiger partial charge in [0.05, 0.1) is 5.60 Å². The minimum Gasteiger partial charge on any atom is -0.445 e. The molecular formula is C22H22F3NO3. The Kier molecular flexibility index (Phi) is 5.25. The monoisotopic (exact) mass is 405 g/mol. The fourth-order valence-electron chi connectivity index (χ4n) is 4.62. The van der Waals surface area contributed by atoms with E-state index in [1.807, 2.05) is 30.3 Å². The Bertz CT molecular complexity index is 892. The van der Waals surface area contributed by atoms with Crippen molar-refractivity contribution >= 4 is 6.09 Å². The van der Waals surface area contributed by atoms with Crippen LogP contribution in [0.15, 0.2) is 42.5 Å². The van der Waals surface area contributed by atoms with Crippen LogP contribution in [0.4, 0.5) is 18.0 Å². The van der Waals surface area contributed by atoms with Gasteiger partial charge in [0, 0.05) is 18.5 Å². The number of aliphatic hydroxyl groups is 1. The Morgan fingerprint density at radius 3 is 2.34 bits per heavy atom. The first-order chi connectivity index (χ1) is 13.9. The van der Waals surface area contributed by atoms with Crippen molar-refractivity contribution in [1.29, 1.82) is 0 Å². The Morgan fingerprint density at radius 2 is 1.69 bits per heavy atom. The van der Waals surface area contributed by atoms with E-state index < -0.39 is 29.1 Å². The average molecular weight is 405 g/mol. The lowest BCUT2D eigenvalue weighted by Crippen LogP contribution is -2.54. The summed E-state index contributed by atoms with van der Waals surface area (Å²) >= 11 is 0. The number of hydrogen-bond donors (Lipinski definition) is 1. The van der Waals surface area contributed by atoms with Crippen LogP contribution in [-0.2, 0) is 17.8 Å². The number of ether oxygens (including phenoxy) is 1. The molecule has 2 aromatic rings. The van der Waals surface area contributed by atoms with Gasteiger partial charge in [-0.15, -0.1) is 0 Å². The van der Waals surface area contributed by atoms with E-state index in [2.05, 4.69) is 0 Å². The van der Waals surface area contributed by atoms with Crippen LogP contribution >= 0.6 is 0 Å². The predicted octanol–water partition coefficient (Wildman–Crippen LogP) is 4.34. The quantitative estimate of drug-likeness (QED) is 0.770. The third-order valence-electron chi connectivity index (χ3n) is 5.90. The minimum atomic E-state index is -1.53. The molecule has 2 saturated heterocycles. The summed E-state index contributed by atoms with van der Waals surface area (Å²) in [5, 5.41) is 11.0. The number of halogens is 3.